The molecular weight excluding hydrogens is 885 g/mol. The number of nitrogens with zero attached hydrogens (tertiary/aromatic N) is 4. The van der Waals surface area contributed by atoms with Gasteiger partial charge in [0.25, 0.3) is 0 Å². The van der Waals surface area contributed by atoms with E-state index < -0.39 is 0 Å². The van der Waals surface area contributed by atoms with E-state index in [9.17, 15) is 0 Å². The minimum Gasteiger partial charge on any atom is -0.309 e. The van der Waals surface area contributed by atoms with Gasteiger partial charge in [0.05, 0.1) is 44.1 Å². The summed E-state index contributed by atoms with van der Waals surface area (Å²) in [6, 6.07) is 90.0. The number of hydrogen-bond acceptors (Lipinski definition) is 0. The maximum absolute atomic E-state index is 2.53. The molecule has 4 heterocycles. The van der Waals surface area contributed by atoms with Gasteiger partial charge in [-0.05, 0) is 124 Å². The van der Waals surface area contributed by atoms with Gasteiger partial charge in [-0.25, -0.2) is 0 Å². The number of benzene rings is 11. The number of fused-ring (bicyclic) bond motifs is 17. The fourth-order valence-corrected chi connectivity index (χ4v) is 13.1. The van der Waals surface area contributed by atoms with Gasteiger partial charge in [0.1, 0.15) is 0 Å². The second kappa shape index (κ2) is 14.8. The topological polar surface area (TPSA) is 19.7 Å². The van der Waals surface area contributed by atoms with Gasteiger partial charge < -0.3 is 18.3 Å². The van der Waals surface area contributed by atoms with Crippen LogP contribution in [0, 0.1) is 0 Å². The van der Waals surface area contributed by atoms with Crippen LogP contribution in [0.25, 0.3) is 132 Å². The van der Waals surface area contributed by atoms with E-state index in [-0.39, 0.29) is 5.41 Å². The molecule has 11 aromatic carbocycles. The molecule has 4 aromatic heterocycles. The van der Waals surface area contributed by atoms with Gasteiger partial charge in [-0.2, -0.15) is 0 Å². The minimum absolute atomic E-state index is 0.209. The van der Waals surface area contributed by atoms with E-state index in [1.54, 1.807) is 0 Å². The van der Waals surface area contributed by atoms with Crippen molar-refractivity contribution in [1.29, 1.82) is 0 Å². The van der Waals surface area contributed by atoms with E-state index in [4.69, 9.17) is 0 Å². The first-order valence-electron chi connectivity index (χ1n) is 25.4. The van der Waals surface area contributed by atoms with Gasteiger partial charge in [0, 0.05) is 71.3 Å². The predicted octanol–water partition coefficient (Wildman–Crippen LogP) is 18.0. The van der Waals surface area contributed by atoms with Crippen molar-refractivity contribution in [2.75, 3.05) is 0 Å². The molecule has 342 valence electrons. The fourth-order valence-electron chi connectivity index (χ4n) is 13.1. The van der Waals surface area contributed by atoms with E-state index in [0.29, 0.717) is 0 Å². The summed E-state index contributed by atoms with van der Waals surface area (Å²) in [4.78, 5) is 0. The summed E-state index contributed by atoms with van der Waals surface area (Å²) in [6.07, 6.45) is 0. The molecule has 1 aliphatic rings. The summed E-state index contributed by atoms with van der Waals surface area (Å²) < 4.78 is 9.88. The lowest BCUT2D eigenvalue weighted by molar-refractivity contribution is 0.660. The zero-order chi connectivity index (χ0) is 48.1. The number of rotatable bonds is 5. The van der Waals surface area contributed by atoms with Crippen LogP contribution in [0.5, 0.6) is 0 Å². The lowest BCUT2D eigenvalue weighted by atomic mass is 9.81. The third-order valence-corrected chi connectivity index (χ3v) is 16.3. The Morgan fingerprint density at radius 2 is 0.712 bits per heavy atom. The van der Waals surface area contributed by atoms with Crippen molar-refractivity contribution in [3.63, 3.8) is 0 Å². The normalized spacial score (nSPS) is 13.2. The molecule has 1 aliphatic carbocycles. The Kier molecular flexibility index (Phi) is 8.20. The first-order chi connectivity index (χ1) is 36.0. The molecule has 0 saturated heterocycles. The number of aromatic nitrogens is 4. The van der Waals surface area contributed by atoms with Gasteiger partial charge in [-0.3, -0.25) is 0 Å². The summed E-state index contributed by atoms with van der Waals surface area (Å²) in [6.45, 7) is 4.80. The second-order valence-corrected chi connectivity index (χ2v) is 20.5. The molecule has 0 bridgehead atoms. The van der Waals surface area contributed by atoms with Gasteiger partial charge >= 0.3 is 0 Å². The Balaban J connectivity index is 0.864. The van der Waals surface area contributed by atoms with Crippen LogP contribution in [0.1, 0.15) is 25.0 Å². The Hall–Kier alpha value is -9.38. The smallest absolute Gasteiger partial charge is 0.0641 e. The Morgan fingerprint density at radius 3 is 1.26 bits per heavy atom. The minimum atomic E-state index is -0.209. The Bertz CT molecular complexity index is 4810. The molecule has 0 atom stereocenters. The molecule has 0 fully saturated rings. The molecule has 0 spiro atoms. The summed E-state index contributed by atoms with van der Waals surface area (Å²) in [7, 11) is 0. The highest BCUT2D eigenvalue weighted by Gasteiger charge is 2.36. The fraction of sp³-hybridized carbons (Fsp3) is 0.0435. The lowest BCUT2D eigenvalue weighted by Crippen LogP contribution is -2.15. The van der Waals surface area contributed by atoms with Crippen molar-refractivity contribution in [1.82, 2.24) is 18.3 Å². The van der Waals surface area contributed by atoms with E-state index in [0.717, 1.165) is 17.1 Å². The molecule has 0 N–H and O–H groups in total. The van der Waals surface area contributed by atoms with Crippen LogP contribution < -0.4 is 0 Å². The van der Waals surface area contributed by atoms with E-state index >= 15 is 0 Å². The molecule has 0 amide bonds. The van der Waals surface area contributed by atoms with Crippen molar-refractivity contribution in [2.24, 2.45) is 0 Å². The van der Waals surface area contributed by atoms with Gasteiger partial charge in [-0.1, -0.05) is 166 Å². The molecule has 0 aliphatic heterocycles. The molecule has 73 heavy (non-hydrogen) atoms. The molecule has 4 nitrogen and oxygen atoms in total. The average molecular weight is 931 g/mol. The van der Waals surface area contributed by atoms with Gasteiger partial charge in [0.2, 0.25) is 0 Å². The van der Waals surface area contributed by atoms with Crippen molar-refractivity contribution >= 4 is 87.2 Å². The zero-order valence-corrected chi connectivity index (χ0v) is 40.4. The maximum Gasteiger partial charge on any atom is 0.0641 e. The average Bonchev–Trinajstić information content (AvgIpc) is 4.22. The SMILES string of the molecule is CC1(C)c2ccc(-n3c4ccccc4c4ccc5c(c6ccccc6n5-c5ccccc5)c43)cc2-c2ccc(-c3cccc(-n4c5ccccc5c5ccc6c(c7ccccc7n6-c6ccccc6)c54)c3)cc21. The van der Waals surface area contributed by atoms with E-state index in [1.807, 2.05) is 0 Å². The Morgan fingerprint density at radius 1 is 0.260 bits per heavy atom. The van der Waals surface area contributed by atoms with Crippen LogP contribution in [0.3, 0.4) is 0 Å². The van der Waals surface area contributed by atoms with E-state index in [1.165, 1.54) is 126 Å². The van der Waals surface area contributed by atoms with Crippen LogP contribution in [-0.4, -0.2) is 18.3 Å². The molecule has 0 saturated carbocycles. The quantitative estimate of drug-likeness (QED) is 0.164. The van der Waals surface area contributed by atoms with Crippen LogP contribution >= 0.6 is 0 Å². The highest BCUT2D eigenvalue weighted by atomic mass is 15.0. The molecule has 0 radical (unpaired) electrons. The summed E-state index contributed by atoms with van der Waals surface area (Å²) in [5.41, 5.74) is 21.8. The van der Waals surface area contributed by atoms with Crippen molar-refractivity contribution in [3.05, 3.63) is 254 Å². The van der Waals surface area contributed by atoms with Crippen molar-refractivity contribution in [2.45, 2.75) is 19.3 Å². The van der Waals surface area contributed by atoms with Crippen molar-refractivity contribution in [3.8, 4) is 45.0 Å². The highest BCUT2D eigenvalue weighted by molar-refractivity contribution is 6.27. The lowest BCUT2D eigenvalue weighted by Gasteiger charge is -2.22. The standard InChI is InChI=1S/C69H46N4/c1-69(2)57-37-33-48(73-60-29-14-10-25-51(60)53-36-39-64-66(68(53)73)55-27-12-16-31-62(55)71(64)46-21-7-4-8-22-46)42-56(57)49-34-32-44(41-58(49)69)43-18-17-23-47(40-43)72-59-28-13-9-24-50(59)52-35-38-63-65(67(52)72)54-26-11-15-30-61(54)70(63)45-19-5-3-6-20-45/h3-42H,1-2H3. The molecule has 0 unspecified atom stereocenters. The largest absolute Gasteiger partial charge is 0.309 e. The first-order valence-corrected chi connectivity index (χ1v) is 25.4. The molecule has 16 rings (SSSR count). The molecule has 15 aromatic rings. The molecular formula is C69H46N4. The summed E-state index contributed by atoms with van der Waals surface area (Å²) in [5.74, 6) is 0. The highest BCUT2D eigenvalue weighted by Crippen LogP contribution is 2.52. The van der Waals surface area contributed by atoms with Crippen LogP contribution in [0.2, 0.25) is 0 Å². The maximum atomic E-state index is 2.53. The first kappa shape index (κ1) is 40.4. The number of hydrogen-bond donors (Lipinski definition) is 0. The Labute approximate surface area is 421 Å². The van der Waals surface area contributed by atoms with Crippen LogP contribution in [0.4, 0.5) is 0 Å². The summed E-state index contributed by atoms with van der Waals surface area (Å²) in [5, 5.41) is 10.1. The van der Waals surface area contributed by atoms with Crippen LogP contribution in [-0.2, 0) is 5.41 Å². The monoisotopic (exact) mass is 930 g/mol. The van der Waals surface area contributed by atoms with Gasteiger partial charge in [0.15, 0.2) is 0 Å². The molecule has 4 heteroatoms. The van der Waals surface area contributed by atoms with Crippen LogP contribution in [0.15, 0.2) is 243 Å². The predicted molar refractivity (Wildman–Crippen MR) is 307 cm³/mol. The third-order valence-electron chi connectivity index (χ3n) is 16.3. The second-order valence-electron chi connectivity index (χ2n) is 20.5. The third kappa shape index (κ3) is 5.50. The van der Waals surface area contributed by atoms with Gasteiger partial charge in [-0.15, -0.1) is 0 Å². The van der Waals surface area contributed by atoms with Crippen molar-refractivity contribution < 1.29 is 0 Å². The van der Waals surface area contributed by atoms with E-state index in [2.05, 4.69) is 275 Å². The summed E-state index contributed by atoms with van der Waals surface area (Å²) >= 11 is 0. The zero-order valence-electron chi connectivity index (χ0n) is 40.4. The number of para-hydroxylation sites is 6.